The Kier molecular flexibility index (Phi) is 8.14. The van der Waals surface area contributed by atoms with Crippen LogP contribution in [0, 0.1) is 19.7 Å². The summed E-state index contributed by atoms with van der Waals surface area (Å²) in [6.07, 6.45) is 0. The maximum Gasteiger partial charge on any atom is 0.260 e. The van der Waals surface area contributed by atoms with Crippen molar-refractivity contribution in [1.29, 1.82) is 0 Å². The third kappa shape index (κ3) is 5.13. The van der Waals surface area contributed by atoms with Gasteiger partial charge in [0.05, 0.1) is 4.70 Å². The Morgan fingerprint density at radius 2 is 1.83 bits per heavy atom. The number of anilines is 1. The fraction of sp³-hybridized carbons (Fsp3) is 0.364. The highest BCUT2D eigenvalue weighted by atomic mass is 35.5. The number of nitrogens with zero attached hydrogens (tertiary/aromatic N) is 3. The molecular weight excluding hydrogens is 409 g/mol. The Bertz CT molecular complexity index is 987. The van der Waals surface area contributed by atoms with Gasteiger partial charge in [-0.2, -0.15) is 0 Å². The van der Waals surface area contributed by atoms with Crippen molar-refractivity contribution >= 4 is 45.0 Å². The molecule has 0 fully saturated rings. The van der Waals surface area contributed by atoms with Crippen molar-refractivity contribution in [2.75, 3.05) is 31.1 Å². The lowest BCUT2D eigenvalue weighted by atomic mass is 10.0. The van der Waals surface area contributed by atoms with Gasteiger partial charge in [0.15, 0.2) is 5.13 Å². The standard InChI is InChI=1S/C22H26FN3OS.ClH/c1-5-25(6-2)12-13-26(21(27)17-14-15(3)10-11-16(17)4)22-24-20-18(23)8-7-9-19(20)28-22;/h7-11,14H,5-6,12-13H2,1-4H3;1H. The van der Waals surface area contributed by atoms with E-state index in [1.54, 1.807) is 11.0 Å². The first kappa shape index (κ1) is 23.3. The van der Waals surface area contributed by atoms with Crippen LogP contribution in [0.4, 0.5) is 9.52 Å². The molecule has 0 atom stereocenters. The van der Waals surface area contributed by atoms with Gasteiger partial charge in [-0.15, -0.1) is 12.4 Å². The summed E-state index contributed by atoms with van der Waals surface area (Å²) in [5.41, 5.74) is 2.95. The summed E-state index contributed by atoms with van der Waals surface area (Å²) in [5, 5.41) is 0.540. The summed E-state index contributed by atoms with van der Waals surface area (Å²) in [6, 6.07) is 10.8. The van der Waals surface area contributed by atoms with Crippen molar-refractivity contribution in [1.82, 2.24) is 9.88 Å². The predicted molar refractivity (Wildman–Crippen MR) is 122 cm³/mol. The van der Waals surface area contributed by atoms with Gasteiger partial charge in [-0.05, 0) is 50.7 Å². The highest BCUT2D eigenvalue weighted by Crippen LogP contribution is 2.31. The molecule has 0 bridgehead atoms. The highest BCUT2D eigenvalue weighted by molar-refractivity contribution is 7.22. The minimum Gasteiger partial charge on any atom is -0.302 e. The van der Waals surface area contributed by atoms with E-state index in [0.717, 1.165) is 35.5 Å². The molecule has 4 nitrogen and oxygen atoms in total. The second-order valence-corrected chi connectivity index (χ2v) is 7.89. The van der Waals surface area contributed by atoms with Crippen LogP contribution in [0.25, 0.3) is 10.2 Å². The Hall–Kier alpha value is -2.02. The molecule has 0 spiro atoms. The number of carbonyl (C=O) groups excluding carboxylic acids is 1. The van der Waals surface area contributed by atoms with Crippen molar-refractivity contribution in [3.8, 4) is 0 Å². The molecular formula is C22H27ClFN3OS. The topological polar surface area (TPSA) is 36.4 Å². The van der Waals surface area contributed by atoms with Crippen LogP contribution in [0.15, 0.2) is 36.4 Å². The first-order chi connectivity index (χ1) is 13.4. The highest BCUT2D eigenvalue weighted by Gasteiger charge is 2.23. The van der Waals surface area contributed by atoms with Crippen LogP contribution in [-0.4, -0.2) is 42.0 Å². The Balaban J connectivity index is 0.00000300. The molecule has 0 aliphatic carbocycles. The van der Waals surface area contributed by atoms with Crippen LogP contribution in [0.5, 0.6) is 0 Å². The van der Waals surface area contributed by atoms with Crippen LogP contribution in [0.1, 0.15) is 35.3 Å². The second kappa shape index (κ2) is 10.1. The number of benzene rings is 2. The van der Waals surface area contributed by atoms with Crippen molar-refractivity contribution in [2.45, 2.75) is 27.7 Å². The van der Waals surface area contributed by atoms with Gasteiger partial charge < -0.3 is 4.90 Å². The van der Waals surface area contributed by atoms with Crippen LogP contribution < -0.4 is 4.90 Å². The van der Waals surface area contributed by atoms with E-state index in [1.807, 2.05) is 38.1 Å². The van der Waals surface area contributed by atoms with Crippen LogP contribution in [0.2, 0.25) is 0 Å². The number of halogens is 2. The van der Waals surface area contributed by atoms with Crippen molar-refractivity contribution in [2.24, 2.45) is 0 Å². The van der Waals surface area contributed by atoms with E-state index in [2.05, 4.69) is 23.7 Å². The maximum atomic E-state index is 14.2. The minimum absolute atomic E-state index is 0. The molecule has 0 saturated carbocycles. The van der Waals surface area contributed by atoms with Gasteiger partial charge in [0, 0.05) is 18.7 Å². The zero-order chi connectivity index (χ0) is 20.3. The Morgan fingerprint density at radius 3 is 2.48 bits per heavy atom. The molecule has 0 aliphatic rings. The predicted octanol–water partition coefficient (Wildman–Crippen LogP) is 5.46. The Morgan fingerprint density at radius 1 is 1.10 bits per heavy atom. The molecule has 0 unspecified atom stereocenters. The van der Waals surface area contributed by atoms with Gasteiger partial charge >= 0.3 is 0 Å². The average Bonchev–Trinajstić information content (AvgIpc) is 3.12. The summed E-state index contributed by atoms with van der Waals surface area (Å²) in [7, 11) is 0. The number of likely N-dealkylation sites (N-methyl/N-ethyl adjacent to an activating group) is 1. The number of aromatic nitrogens is 1. The van der Waals surface area contributed by atoms with E-state index < -0.39 is 0 Å². The maximum absolute atomic E-state index is 14.2. The van der Waals surface area contributed by atoms with Gasteiger partial charge in [-0.1, -0.05) is 48.9 Å². The molecule has 3 aromatic rings. The molecule has 0 aliphatic heterocycles. The van der Waals surface area contributed by atoms with Crippen LogP contribution in [-0.2, 0) is 0 Å². The molecule has 0 radical (unpaired) electrons. The van der Waals surface area contributed by atoms with E-state index >= 15 is 0 Å². The van der Waals surface area contributed by atoms with Crippen molar-refractivity contribution < 1.29 is 9.18 Å². The summed E-state index contributed by atoms with van der Waals surface area (Å²) in [6.45, 7) is 11.2. The molecule has 3 rings (SSSR count). The van der Waals surface area contributed by atoms with Gasteiger partial charge in [0.2, 0.25) is 0 Å². The SMILES string of the molecule is CCN(CC)CCN(C(=O)c1cc(C)ccc1C)c1nc2c(F)cccc2s1.Cl. The van der Waals surface area contributed by atoms with Crippen molar-refractivity contribution in [3.05, 3.63) is 58.9 Å². The quantitative estimate of drug-likeness (QED) is 0.494. The zero-order valence-corrected chi connectivity index (χ0v) is 18.9. The lowest BCUT2D eigenvalue weighted by Gasteiger charge is -2.25. The monoisotopic (exact) mass is 435 g/mol. The molecule has 2 aromatic carbocycles. The number of fused-ring (bicyclic) bond motifs is 1. The number of amides is 1. The smallest absolute Gasteiger partial charge is 0.260 e. The number of hydrogen-bond acceptors (Lipinski definition) is 4. The molecule has 0 saturated heterocycles. The first-order valence-electron chi connectivity index (χ1n) is 9.61. The molecule has 29 heavy (non-hydrogen) atoms. The van der Waals surface area contributed by atoms with Gasteiger partial charge in [-0.25, -0.2) is 9.37 Å². The van der Waals surface area contributed by atoms with E-state index in [-0.39, 0.29) is 24.1 Å². The third-order valence-electron chi connectivity index (χ3n) is 4.99. The molecule has 156 valence electrons. The molecule has 1 aromatic heterocycles. The zero-order valence-electron chi connectivity index (χ0n) is 17.2. The number of hydrogen-bond donors (Lipinski definition) is 0. The summed E-state index contributed by atoms with van der Waals surface area (Å²) in [5.74, 6) is -0.448. The third-order valence-corrected chi connectivity index (χ3v) is 6.04. The number of aryl methyl sites for hydroxylation is 2. The molecule has 1 heterocycles. The number of rotatable bonds is 7. The molecule has 7 heteroatoms. The van der Waals surface area contributed by atoms with Gasteiger partial charge in [0.1, 0.15) is 11.3 Å². The van der Waals surface area contributed by atoms with Crippen LogP contribution in [0.3, 0.4) is 0 Å². The van der Waals surface area contributed by atoms with Crippen molar-refractivity contribution in [3.63, 3.8) is 0 Å². The number of thiazole rings is 1. The lowest BCUT2D eigenvalue weighted by Crippen LogP contribution is -2.39. The van der Waals surface area contributed by atoms with E-state index in [1.165, 1.54) is 17.4 Å². The fourth-order valence-electron chi connectivity index (χ4n) is 3.20. The second-order valence-electron chi connectivity index (χ2n) is 6.89. The average molecular weight is 436 g/mol. The largest absolute Gasteiger partial charge is 0.302 e. The minimum atomic E-state index is -0.358. The summed E-state index contributed by atoms with van der Waals surface area (Å²) >= 11 is 1.35. The Labute approximate surface area is 181 Å². The lowest BCUT2D eigenvalue weighted by molar-refractivity contribution is 0.0983. The normalized spacial score (nSPS) is 11.0. The molecule has 1 amide bonds. The summed E-state index contributed by atoms with van der Waals surface area (Å²) in [4.78, 5) is 21.9. The van der Waals surface area contributed by atoms with E-state index in [4.69, 9.17) is 0 Å². The molecule has 0 N–H and O–H groups in total. The number of carbonyl (C=O) groups is 1. The fourth-order valence-corrected chi connectivity index (χ4v) is 4.20. The summed E-state index contributed by atoms with van der Waals surface area (Å²) < 4.78 is 14.9. The first-order valence-corrected chi connectivity index (χ1v) is 10.4. The van der Waals surface area contributed by atoms with E-state index in [0.29, 0.717) is 22.8 Å². The van der Waals surface area contributed by atoms with E-state index in [9.17, 15) is 9.18 Å². The van der Waals surface area contributed by atoms with Gasteiger partial charge in [0.25, 0.3) is 5.91 Å². The number of para-hydroxylation sites is 1. The van der Waals surface area contributed by atoms with Gasteiger partial charge in [-0.3, -0.25) is 9.69 Å². The van der Waals surface area contributed by atoms with Crippen LogP contribution >= 0.6 is 23.7 Å².